The highest BCUT2D eigenvalue weighted by Crippen LogP contribution is 2.39. The van der Waals surface area contributed by atoms with Crippen LogP contribution in [-0.2, 0) is 11.4 Å². The zero-order valence-electron chi connectivity index (χ0n) is 17.5. The van der Waals surface area contributed by atoms with Crippen molar-refractivity contribution < 1.29 is 28.9 Å². The Morgan fingerprint density at radius 3 is 2.03 bits per heavy atom. The highest BCUT2D eigenvalue weighted by Gasteiger charge is 2.23. The first-order chi connectivity index (χ1) is 14.6. The Balaban J connectivity index is 0.000000826. The molecular weight excluding hydrogens is 406 g/mol. The maximum atomic E-state index is 12.6. The first kappa shape index (κ1) is 25.2. The minimum atomic E-state index is -0.250. The Morgan fingerprint density at radius 1 is 1.07 bits per heavy atom. The van der Waals surface area contributed by atoms with Gasteiger partial charge in [0.25, 0.3) is 12.4 Å². The van der Waals surface area contributed by atoms with Gasteiger partial charge in [0.15, 0.2) is 11.5 Å². The lowest BCUT2D eigenvalue weighted by Crippen LogP contribution is -2.27. The van der Waals surface area contributed by atoms with Crippen molar-refractivity contribution in [1.29, 1.82) is 0 Å². The number of methoxy groups -OCH3 is 2. The Bertz CT molecular complexity index is 753. The predicted octanol–water partition coefficient (Wildman–Crippen LogP) is 3.77. The predicted molar refractivity (Wildman–Crippen MR) is 119 cm³/mol. The van der Waals surface area contributed by atoms with Gasteiger partial charge < -0.3 is 24.2 Å². The average Bonchev–Trinajstić information content (AvgIpc) is 3.34. The van der Waals surface area contributed by atoms with Crippen LogP contribution in [0.2, 0.25) is 0 Å². The quantitative estimate of drug-likeness (QED) is 0.531. The van der Waals surface area contributed by atoms with E-state index in [1.165, 1.54) is 0 Å². The van der Waals surface area contributed by atoms with Crippen molar-refractivity contribution in [2.45, 2.75) is 19.4 Å². The Labute approximate surface area is 183 Å². The molecule has 2 aromatic carbocycles. The fraction of sp³-hybridized carbons (Fsp3) is 0.364. The van der Waals surface area contributed by atoms with Crippen molar-refractivity contribution >= 4 is 25.0 Å². The minimum absolute atomic E-state index is 0.00343. The van der Waals surface area contributed by atoms with Crippen LogP contribution in [0.5, 0.6) is 17.2 Å². The molecule has 0 saturated carbocycles. The van der Waals surface area contributed by atoms with Gasteiger partial charge in [0.2, 0.25) is 5.75 Å². The standard InChI is InChI=1S/C20H23NO4.CH2O2.CH4S/c1-23-17-12-16(20(22)21-10-6-7-11-21)13-18(24-2)19(17)25-14-15-8-4-3-5-9-15;2-1-3;1-2/h3-5,8-9,12-13H,6-7,10-11,14H2,1-2H3;1H,(H,2,3);2H,1H3. The number of carboxylic acid groups (broad SMARTS) is 1. The third kappa shape index (κ3) is 7.18. The van der Waals surface area contributed by atoms with Crippen molar-refractivity contribution in [3.63, 3.8) is 0 Å². The van der Waals surface area contributed by atoms with E-state index in [-0.39, 0.29) is 12.4 Å². The molecular formula is C22H29NO6S. The summed E-state index contributed by atoms with van der Waals surface area (Å²) in [6, 6.07) is 13.3. The summed E-state index contributed by atoms with van der Waals surface area (Å²) in [4.78, 5) is 22.9. The number of ether oxygens (including phenoxy) is 3. The lowest BCUT2D eigenvalue weighted by molar-refractivity contribution is -0.122. The van der Waals surface area contributed by atoms with Gasteiger partial charge in [0.1, 0.15) is 6.61 Å². The SMILES string of the molecule is COc1cc(C(=O)N2CCCC2)cc(OC)c1OCc1ccccc1.CS.O=CO. The van der Waals surface area contributed by atoms with Gasteiger partial charge in [-0.2, -0.15) is 12.6 Å². The number of likely N-dealkylation sites (tertiary alicyclic amines) is 1. The van der Waals surface area contributed by atoms with Gasteiger partial charge in [-0.05, 0) is 36.8 Å². The monoisotopic (exact) mass is 435 g/mol. The number of amides is 1. The van der Waals surface area contributed by atoms with Gasteiger partial charge in [-0.25, -0.2) is 0 Å². The van der Waals surface area contributed by atoms with E-state index in [1.54, 1.807) is 32.6 Å². The molecule has 7 nitrogen and oxygen atoms in total. The zero-order valence-corrected chi connectivity index (χ0v) is 18.4. The summed E-state index contributed by atoms with van der Waals surface area (Å²) < 4.78 is 16.8. The van der Waals surface area contributed by atoms with E-state index >= 15 is 0 Å². The first-order valence-electron chi connectivity index (χ1n) is 9.39. The average molecular weight is 436 g/mol. The molecule has 164 valence electrons. The summed E-state index contributed by atoms with van der Waals surface area (Å²) in [5, 5.41) is 6.89. The van der Waals surface area contributed by atoms with Crippen LogP contribution in [-0.4, -0.2) is 56.0 Å². The normalized spacial score (nSPS) is 11.9. The fourth-order valence-electron chi connectivity index (χ4n) is 2.98. The van der Waals surface area contributed by atoms with Crippen LogP contribution in [0.25, 0.3) is 0 Å². The summed E-state index contributed by atoms with van der Waals surface area (Å²) in [5.74, 6) is 1.51. The number of rotatable bonds is 6. The summed E-state index contributed by atoms with van der Waals surface area (Å²) in [7, 11) is 3.13. The van der Waals surface area contributed by atoms with Gasteiger partial charge in [0.05, 0.1) is 14.2 Å². The van der Waals surface area contributed by atoms with Crippen LogP contribution >= 0.6 is 12.6 Å². The smallest absolute Gasteiger partial charge is 0.290 e. The van der Waals surface area contributed by atoms with Crippen LogP contribution in [0.15, 0.2) is 42.5 Å². The molecule has 2 aromatic rings. The Hall–Kier alpha value is -2.87. The van der Waals surface area contributed by atoms with Crippen LogP contribution in [0.3, 0.4) is 0 Å². The van der Waals surface area contributed by atoms with E-state index in [9.17, 15) is 4.79 Å². The highest BCUT2D eigenvalue weighted by atomic mass is 32.1. The van der Waals surface area contributed by atoms with Crippen LogP contribution in [0, 0.1) is 0 Å². The summed E-state index contributed by atoms with van der Waals surface area (Å²) in [5.41, 5.74) is 1.60. The number of hydrogen-bond acceptors (Lipinski definition) is 6. The molecule has 0 aliphatic carbocycles. The summed E-state index contributed by atoms with van der Waals surface area (Å²) in [6.07, 6.45) is 3.80. The second-order valence-corrected chi connectivity index (χ2v) is 6.09. The molecule has 1 N–H and O–H groups in total. The van der Waals surface area contributed by atoms with E-state index in [0.29, 0.717) is 29.4 Å². The van der Waals surface area contributed by atoms with E-state index in [4.69, 9.17) is 24.1 Å². The molecule has 1 aliphatic heterocycles. The zero-order chi connectivity index (χ0) is 22.4. The lowest BCUT2D eigenvalue weighted by atomic mass is 10.1. The second-order valence-electron chi connectivity index (χ2n) is 6.09. The maximum Gasteiger partial charge on any atom is 0.290 e. The van der Waals surface area contributed by atoms with Crippen LogP contribution < -0.4 is 14.2 Å². The molecule has 0 atom stereocenters. The van der Waals surface area contributed by atoms with E-state index in [0.717, 1.165) is 31.5 Å². The first-order valence-corrected chi connectivity index (χ1v) is 10.3. The van der Waals surface area contributed by atoms with E-state index in [1.807, 2.05) is 35.2 Å². The maximum absolute atomic E-state index is 12.6. The van der Waals surface area contributed by atoms with Gasteiger partial charge in [0, 0.05) is 18.7 Å². The summed E-state index contributed by atoms with van der Waals surface area (Å²) in [6.45, 7) is 1.75. The molecule has 1 fully saturated rings. The van der Waals surface area contributed by atoms with Crippen molar-refractivity contribution in [2.75, 3.05) is 33.6 Å². The van der Waals surface area contributed by atoms with Crippen LogP contribution in [0.4, 0.5) is 0 Å². The second kappa shape index (κ2) is 14.2. The molecule has 1 saturated heterocycles. The van der Waals surface area contributed by atoms with Gasteiger partial charge in [-0.15, -0.1) is 0 Å². The number of hydrogen-bond donors (Lipinski definition) is 2. The number of nitrogens with zero attached hydrogens (tertiary/aromatic N) is 1. The largest absolute Gasteiger partial charge is 0.493 e. The number of carbonyl (C=O) groups is 2. The van der Waals surface area contributed by atoms with E-state index in [2.05, 4.69) is 12.6 Å². The summed E-state index contributed by atoms with van der Waals surface area (Å²) >= 11 is 3.53. The molecule has 0 aromatic heterocycles. The number of carbonyl (C=O) groups excluding carboxylic acids is 1. The molecule has 3 rings (SSSR count). The molecule has 0 unspecified atom stereocenters. The molecule has 30 heavy (non-hydrogen) atoms. The van der Waals surface area contributed by atoms with Gasteiger partial charge >= 0.3 is 0 Å². The van der Waals surface area contributed by atoms with Gasteiger partial charge in [-0.3, -0.25) is 9.59 Å². The number of thiol groups is 1. The highest BCUT2D eigenvalue weighted by molar-refractivity contribution is 7.79. The topological polar surface area (TPSA) is 85.3 Å². The fourth-order valence-corrected chi connectivity index (χ4v) is 2.98. The van der Waals surface area contributed by atoms with Crippen molar-refractivity contribution in [2.24, 2.45) is 0 Å². The van der Waals surface area contributed by atoms with Crippen molar-refractivity contribution in [3.8, 4) is 17.2 Å². The third-order valence-corrected chi connectivity index (χ3v) is 4.33. The molecule has 1 aliphatic rings. The van der Waals surface area contributed by atoms with Crippen molar-refractivity contribution in [3.05, 3.63) is 53.6 Å². The van der Waals surface area contributed by atoms with Crippen molar-refractivity contribution in [1.82, 2.24) is 4.90 Å². The molecule has 0 bridgehead atoms. The third-order valence-electron chi connectivity index (χ3n) is 4.33. The molecule has 1 amide bonds. The number of benzene rings is 2. The molecule has 0 spiro atoms. The Morgan fingerprint density at radius 2 is 1.57 bits per heavy atom. The molecule has 0 radical (unpaired) electrons. The van der Waals surface area contributed by atoms with E-state index < -0.39 is 0 Å². The Kier molecular flexibility index (Phi) is 11.9. The van der Waals surface area contributed by atoms with Crippen LogP contribution in [0.1, 0.15) is 28.8 Å². The molecule has 1 heterocycles. The minimum Gasteiger partial charge on any atom is -0.493 e. The molecule has 8 heteroatoms. The van der Waals surface area contributed by atoms with Gasteiger partial charge in [-0.1, -0.05) is 30.3 Å². The lowest BCUT2D eigenvalue weighted by Gasteiger charge is -2.19.